The summed E-state index contributed by atoms with van der Waals surface area (Å²) in [5, 5.41) is 0. The maximum Gasteiger partial charge on any atom is 0.168 e. The van der Waals surface area contributed by atoms with Crippen LogP contribution in [-0.2, 0) is 14.3 Å². The van der Waals surface area contributed by atoms with Crippen molar-refractivity contribution in [3.05, 3.63) is 29.7 Å². The predicted octanol–water partition coefficient (Wildman–Crippen LogP) is 3.58. The first kappa shape index (κ1) is 14.2. The number of ketones is 1. The second kappa shape index (κ2) is 5.07. The Hall–Kier alpha value is -1.39. The number of hydrogen-bond acceptors (Lipinski definition) is 4. The second-order valence-electron chi connectivity index (χ2n) is 6.98. The van der Waals surface area contributed by atoms with Gasteiger partial charge < -0.3 is 13.9 Å². The van der Waals surface area contributed by atoms with Crippen molar-refractivity contribution in [2.24, 2.45) is 11.3 Å². The zero-order valence-corrected chi connectivity index (χ0v) is 13.0. The van der Waals surface area contributed by atoms with Crippen molar-refractivity contribution in [1.82, 2.24) is 0 Å². The molecule has 22 heavy (non-hydrogen) atoms. The highest BCUT2D eigenvalue weighted by Gasteiger charge is 2.54. The topological polar surface area (TPSA) is 48.7 Å². The van der Waals surface area contributed by atoms with Crippen LogP contribution >= 0.6 is 0 Å². The van der Waals surface area contributed by atoms with Gasteiger partial charge in [0, 0.05) is 18.3 Å². The average Bonchev–Trinajstić information content (AvgIpc) is 3.17. The molecule has 2 aliphatic carbocycles. The van der Waals surface area contributed by atoms with E-state index in [1.165, 1.54) is 0 Å². The number of carbonyl (C=O) groups excluding carboxylic acids is 1. The summed E-state index contributed by atoms with van der Waals surface area (Å²) < 4.78 is 17.1. The van der Waals surface area contributed by atoms with Gasteiger partial charge in [0.2, 0.25) is 0 Å². The molecular formula is C18H22O4. The molecule has 0 aromatic carbocycles. The molecule has 1 spiro atoms. The lowest BCUT2D eigenvalue weighted by Crippen LogP contribution is -2.50. The van der Waals surface area contributed by atoms with Gasteiger partial charge in [0.25, 0.3) is 0 Å². The Kier molecular flexibility index (Phi) is 3.27. The molecule has 4 nitrogen and oxygen atoms in total. The van der Waals surface area contributed by atoms with Gasteiger partial charge in [-0.05, 0) is 49.0 Å². The van der Waals surface area contributed by atoms with Crippen molar-refractivity contribution in [3.8, 4) is 0 Å². The number of carbonyl (C=O) groups is 1. The minimum Gasteiger partial charge on any atom is -0.465 e. The number of furan rings is 1. The standard InChI is InChI=1S/C18H22O4/c1-17-6-7-18(21-9-10-22-18)12-14(17)5-4-13(16(17)19)11-15-3-2-8-20-15/h2-3,8,11,14H,4-7,9-10,12H2,1H3/b13-11+. The van der Waals surface area contributed by atoms with E-state index in [4.69, 9.17) is 13.9 Å². The first-order valence-electron chi connectivity index (χ1n) is 8.18. The summed E-state index contributed by atoms with van der Waals surface area (Å²) in [6, 6.07) is 3.74. The van der Waals surface area contributed by atoms with Crippen molar-refractivity contribution in [2.45, 2.75) is 44.8 Å². The number of allylic oxidation sites excluding steroid dienone is 1. The number of ether oxygens (including phenoxy) is 2. The van der Waals surface area contributed by atoms with E-state index < -0.39 is 5.79 Å². The first-order chi connectivity index (χ1) is 10.6. The molecule has 4 rings (SSSR count). The Bertz CT molecular complexity index is 595. The molecule has 0 N–H and O–H groups in total. The Morgan fingerprint density at radius 3 is 2.82 bits per heavy atom. The quantitative estimate of drug-likeness (QED) is 0.744. The Morgan fingerprint density at radius 1 is 1.27 bits per heavy atom. The highest BCUT2D eigenvalue weighted by atomic mass is 16.7. The molecule has 2 saturated carbocycles. The maximum absolute atomic E-state index is 13.0. The number of rotatable bonds is 1. The smallest absolute Gasteiger partial charge is 0.168 e. The van der Waals surface area contributed by atoms with Crippen molar-refractivity contribution in [2.75, 3.05) is 13.2 Å². The van der Waals surface area contributed by atoms with Gasteiger partial charge >= 0.3 is 0 Å². The molecule has 3 fully saturated rings. The maximum atomic E-state index is 13.0. The van der Waals surface area contributed by atoms with Crippen LogP contribution in [0, 0.1) is 11.3 Å². The van der Waals surface area contributed by atoms with Crippen molar-refractivity contribution in [1.29, 1.82) is 0 Å². The van der Waals surface area contributed by atoms with Crippen LogP contribution < -0.4 is 0 Å². The highest BCUT2D eigenvalue weighted by molar-refractivity contribution is 6.04. The molecule has 1 saturated heterocycles. The summed E-state index contributed by atoms with van der Waals surface area (Å²) in [6.45, 7) is 3.49. The average molecular weight is 302 g/mol. The molecular weight excluding hydrogens is 280 g/mol. The van der Waals surface area contributed by atoms with Crippen LogP contribution in [-0.4, -0.2) is 24.8 Å². The van der Waals surface area contributed by atoms with Crippen molar-refractivity contribution >= 4 is 11.9 Å². The molecule has 1 aromatic heterocycles. The van der Waals surface area contributed by atoms with E-state index in [2.05, 4.69) is 6.92 Å². The van der Waals surface area contributed by atoms with E-state index in [1.807, 2.05) is 18.2 Å². The summed E-state index contributed by atoms with van der Waals surface area (Å²) in [7, 11) is 0. The third-order valence-electron chi connectivity index (χ3n) is 5.73. The minimum atomic E-state index is -0.410. The van der Waals surface area contributed by atoms with Gasteiger partial charge in [0.15, 0.2) is 11.6 Å². The molecule has 3 aliphatic rings. The third-order valence-corrected chi connectivity index (χ3v) is 5.73. The zero-order chi connectivity index (χ0) is 15.2. The normalized spacial score (nSPS) is 36.0. The van der Waals surface area contributed by atoms with E-state index >= 15 is 0 Å². The highest BCUT2D eigenvalue weighted by Crippen LogP contribution is 2.54. The van der Waals surface area contributed by atoms with Crippen LogP contribution in [0.15, 0.2) is 28.4 Å². The minimum absolute atomic E-state index is 0.281. The summed E-state index contributed by atoms with van der Waals surface area (Å²) in [5.74, 6) is 0.987. The van der Waals surface area contributed by atoms with Crippen LogP contribution in [0.4, 0.5) is 0 Å². The molecule has 2 unspecified atom stereocenters. The van der Waals surface area contributed by atoms with Crippen LogP contribution in [0.3, 0.4) is 0 Å². The fraction of sp³-hybridized carbons (Fsp3) is 0.611. The molecule has 118 valence electrons. The van der Waals surface area contributed by atoms with Gasteiger partial charge in [0.1, 0.15) is 5.76 Å². The number of Topliss-reactive ketones (excluding diaryl/α,β-unsaturated/α-hetero) is 1. The van der Waals surface area contributed by atoms with E-state index in [0.29, 0.717) is 19.1 Å². The van der Waals surface area contributed by atoms with Crippen LogP contribution in [0.25, 0.3) is 6.08 Å². The van der Waals surface area contributed by atoms with Gasteiger partial charge in [-0.1, -0.05) is 6.92 Å². The van der Waals surface area contributed by atoms with Gasteiger partial charge in [-0.2, -0.15) is 0 Å². The lowest BCUT2D eigenvalue weighted by atomic mass is 9.57. The van der Waals surface area contributed by atoms with Gasteiger partial charge in [-0.15, -0.1) is 0 Å². The largest absolute Gasteiger partial charge is 0.465 e. The van der Waals surface area contributed by atoms with Gasteiger partial charge in [0.05, 0.1) is 19.5 Å². The Labute approximate surface area is 130 Å². The first-order valence-corrected chi connectivity index (χ1v) is 8.18. The number of hydrogen-bond donors (Lipinski definition) is 0. The molecule has 2 heterocycles. The van der Waals surface area contributed by atoms with Crippen molar-refractivity contribution < 1.29 is 18.7 Å². The van der Waals surface area contributed by atoms with Crippen molar-refractivity contribution in [3.63, 3.8) is 0 Å². The Balaban J connectivity index is 1.58. The van der Waals surface area contributed by atoms with Crippen LogP contribution in [0.2, 0.25) is 0 Å². The molecule has 0 radical (unpaired) electrons. The number of fused-ring (bicyclic) bond motifs is 1. The summed E-state index contributed by atoms with van der Waals surface area (Å²) >= 11 is 0. The predicted molar refractivity (Wildman–Crippen MR) is 81.0 cm³/mol. The molecule has 1 aromatic rings. The SMILES string of the molecule is CC12CCC3(CC1CC/C(=C\c1ccco1)C2=O)OCCO3. The summed E-state index contributed by atoms with van der Waals surface area (Å²) in [5.41, 5.74) is 0.620. The van der Waals surface area contributed by atoms with E-state index in [1.54, 1.807) is 6.26 Å². The van der Waals surface area contributed by atoms with Gasteiger partial charge in [-0.25, -0.2) is 0 Å². The monoisotopic (exact) mass is 302 g/mol. The molecule has 2 atom stereocenters. The zero-order valence-electron chi connectivity index (χ0n) is 13.0. The molecule has 0 amide bonds. The van der Waals surface area contributed by atoms with E-state index in [-0.39, 0.29) is 11.2 Å². The third kappa shape index (κ3) is 2.17. The van der Waals surface area contributed by atoms with Crippen LogP contribution in [0.5, 0.6) is 0 Å². The summed E-state index contributed by atoms with van der Waals surface area (Å²) in [6.07, 6.45) is 7.90. The van der Waals surface area contributed by atoms with Crippen LogP contribution in [0.1, 0.15) is 44.8 Å². The lowest BCUT2D eigenvalue weighted by molar-refractivity contribution is -0.207. The summed E-state index contributed by atoms with van der Waals surface area (Å²) in [4.78, 5) is 13.0. The fourth-order valence-electron chi connectivity index (χ4n) is 4.33. The second-order valence-corrected chi connectivity index (χ2v) is 6.98. The molecule has 1 aliphatic heterocycles. The molecule has 0 bridgehead atoms. The van der Waals surface area contributed by atoms with E-state index in [0.717, 1.165) is 43.4 Å². The molecule has 4 heteroatoms. The van der Waals surface area contributed by atoms with E-state index in [9.17, 15) is 4.79 Å². The fourth-order valence-corrected chi connectivity index (χ4v) is 4.33. The lowest BCUT2D eigenvalue weighted by Gasteiger charge is -2.49. The Morgan fingerprint density at radius 2 is 2.09 bits per heavy atom. The van der Waals surface area contributed by atoms with Gasteiger partial charge in [-0.3, -0.25) is 4.79 Å².